The van der Waals surface area contributed by atoms with Gasteiger partial charge in [0.2, 0.25) is 0 Å². The number of nitriles is 1. The van der Waals surface area contributed by atoms with E-state index in [-0.39, 0.29) is 10.6 Å². The summed E-state index contributed by atoms with van der Waals surface area (Å²) in [5.41, 5.74) is 1.19. The third-order valence-corrected chi connectivity index (χ3v) is 6.61. The van der Waals surface area contributed by atoms with Gasteiger partial charge in [-0.25, -0.2) is 0 Å². The summed E-state index contributed by atoms with van der Waals surface area (Å²) in [6.07, 6.45) is 1.85. The molecule has 0 bridgehead atoms. The number of hydrogen-bond acceptors (Lipinski definition) is 6. The van der Waals surface area contributed by atoms with Gasteiger partial charge in [-0.05, 0) is 54.2 Å². The molecular formula is C27H38N2O5. The third-order valence-electron chi connectivity index (χ3n) is 6.61. The maximum atomic E-state index is 13.2. The monoisotopic (exact) mass is 470 g/mol. The summed E-state index contributed by atoms with van der Waals surface area (Å²) < 4.78 is 21.1. The smallest absolute Gasteiger partial charge is 0.161 e. The van der Waals surface area contributed by atoms with Crippen LogP contribution >= 0.6 is 0 Å². The largest absolute Gasteiger partial charge is 0.633 e. The van der Waals surface area contributed by atoms with Gasteiger partial charge in [-0.3, -0.25) is 0 Å². The van der Waals surface area contributed by atoms with Crippen LogP contribution in [0.25, 0.3) is 0 Å². The Hall–Kier alpha value is -2.95. The van der Waals surface area contributed by atoms with E-state index in [2.05, 4.69) is 6.07 Å². The predicted molar refractivity (Wildman–Crippen MR) is 133 cm³/mol. The normalized spacial score (nSPS) is 14.6. The Bertz CT molecular complexity index is 983. The zero-order valence-corrected chi connectivity index (χ0v) is 21.5. The first-order valence-electron chi connectivity index (χ1n) is 11.6. The lowest BCUT2D eigenvalue weighted by Gasteiger charge is -2.40. The van der Waals surface area contributed by atoms with E-state index in [0.717, 1.165) is 11.1 Å². The van der Waals surface area contributed by atoms with Gasteiger partial charge < -0.3 is 28.8 Å². The second kappa shape index (κ2) is 12.0. The lowest BCUT2D eigenvalue weighted by Crippen LogP contribution is -2.41. The molecule has 34 heavy (non-hydrogen) atoms. The lowest BCUT2D eigenvalue weighted by molar-refractivity contribution is -0.860. The topological polar surface area (TPSA) is 83.8 Å². The minimum atomic E-state index is -0.719. The zero-order valence-electron chi connectivity index (χ0n) is 21.5. The second-order valence-electron chi connectivity index (χ2n) is 9.09. The zero-order chi connectivity index (χ0) is 25.4. The van der Waals surface area contributed by atoms with Crippen molar-refractivity contribution >= 4 is 0 Å². The van der Waals surface area contributed by atoms with Crippen molar-refractivity contribution in [2.45, 2.75) is 38.5 Å². The van der Waals surface area contributed by atoms with Crippen LogP contribution in [-0.4, -0.2) is 53.2 Å². The molecule has 2 rings (SSSR count). The highest BCUT2D eigenvalue weighted by Crippen LogP contribution is 2.40. The first-order valence-corrected chi connectivity index (χ1v) is 11.6. The SMILES string of the molecule is COc1ccc(CC[N+](C)([O-])CCCC(C#N)(c2ccc(OC)c(OC)c2)C(C)C)cc1OC. The maximum Gasteiger partial charge on any atom is 0.161 e. The van der Waals surface area contributed by atoms with Crippen molar-refractivity contribution in [3.8, 4) is 29.1 Å². The van der Waals surface area contributed by atoms with Gasteiger partial charge in [-0.1, -0.05) is 26.0 Å². The van der Waals surface area contributed by atoms with Crippen molar-refractivity contribution in [3.05, 3.63) is 52.7 Å². The summed E-state index contributed by atoms with van der Waals surface area (Å²) in [5, 5.41) is 23.4. The number of hydroxylamine groups is 3. The Morgan fingerprint density at radius 2 is 1.44 bits per heavy atom. The van der Waals surface area contributed by atoms with Crippen LogP contribution in [0.4, 0.5) is 0 Å². The van der Waals surface area contributed by atoms with Crippen molar-refractivity contribution in [3.63, 3.8) is 0 Å². The molecule has 7 heteroatoms. The molecular weight excluding hydrogens is 432 g/mol. The molecule has 0 aliphatic carbocycles. The van der Waals surface area contributed by atoms with Gasteiger partial charge in [-0.15, -0.1) is 0 Å². The van der Waals surface area contributed by atoms with Crippen LogP contribution in [0, 0.1) is 22.5 Å². The van der Waals surface area contributed by atoms with Crippen LogP contribution in [0.3, 0.4) is 0 Å². The van der Waals surface area contributed by atoms with E-state index in [1.165, 1.54) is 0 Å². The molecule has 2 unspecified atom stereocenters. The second-order valence-corrected chi connectivity index (χ2v) is 9.09. The van der Waals surface area contributed by atoms with Gasteiger partial charge in [0.25, 0.3) is 0 Å². The summed E-state index contributed by atoms with van der Waals surface area (Å²) in [6, 6.07) is 13.9. The number of methoxy groups -OCH3 is 4. The van der Waals surface area contributed by atoms with Crippen molar-refractivity contribution in [2.75, 3.05) is 48.6 Å². The quantitative estimate of drug-likeness (QED) is 0.299. The summed E-state index contributed by atoms with van der Waals surface area (Å²) in [4.78, 5) is 0. The highest BCUT2D eigenvalue weighted by molar-refractivity contribution is 5.47. The summed E-state index contributed by atoms with van der Waals surface area (Å²) in [5.74, 6) is 2.61. The molecule has 0 saturated carbocycles. The molecule has 0 aliphatic heterocycles. The average Bonchev–Trinajstić information content (AvgIpc) is 2.84. The number of benzene rings is 2. The standard InChI is InChI=1S/C27H38N2O5/c1-20(2)27(19-28,22-10-12-24(32-5)26(18-22)34-7)14-8-15-29(3,30)16-13-21-9-11-23(31-4)25(17-21)33-6/h9-12,17-18,20H,8,13-16H2,1-7H3. The highest BCUT2D eigenvalue weighted by atomic mass is 16.5. The third kappa shape index (κ3) is 6.34. The van der Waals surface area contributed by atoms with Gasteiger partial charge in [0.1, 0.15) is 0 Å². The van der Waals surface area contributed by atoms with Crippen LogP contribution in [0.5, 0.6) is 23.0 Å². The van der Waals surface area contributed by atoms with Crippen molar-refractivity contribution in [1.82, 2.24) is 0 Å². The van der Waals surface area contributed by atoms with Crippen LogP contribution in [0.15, 0.2) is 36.4 Å². The Morgan fingerprint density at radius 1 is 0.882 bits per heavy atom. The van der Waals surface area contributed by atoms with Crippen molar-refractivity contribution in [2.24, 2.45) is 5.92 Å². The summed E-state index contributed by atoms with van der Waals surface area (Å²) >= 11 is 0. The average molecular weight is 471 g/mol. The van der Waals surface area contributed by atoms with Crippen LogP contribution in [-0.2, 0) is 11.8 Å². The van der Waals surface area contributed by atoms with Gasteiger partial charge in [-0.2, -0.15) is 5.26 Å². The molecule has 2 atom stereocenters. The minimum absolute atomic E-state index is 0.0628. The summed E-state index contributed by atoms with van der Waals surface area (Å²) in [6.45, 7) is 4.95. The molecule has 0 fully saturated rings. The van der Waals surface area contributed by atoms with E-state index in [1.54, 1.807) is 35.5 Å². The molecule has 0 aromatic heterocycles. The first-order chi connectivity index (χ1) is 16.2. The van der Waals surface area contributed by atoms with E-state index in [0.29, 0.717) is 55.4 Å². The van der Waals surface area contributed by atoms with E-state index in [9.17, 15) is 10.5 Å². The minimum Gasteiger partial charge on any atom is -0.633 e. The van der Waals surface area contributed by atoms with E-state index >= 15 is 0 Å². The Labute approximate surface area is 204 Å². The lowest BCUT2D eigenvalue weighted by atomic mass is 9.69. The molecule has 2 aromatic carbocycles. The molecule has 186 valence electrons. The first kappa shape index (κ1) is 27.3. The number of quaternary nitrogens is 1. The number of nitrogens with zero attached hydrogens (tertiary/aromatic N) is 2. The van der Waals surface area contributed by atoms with E-state index in [4.69, 9.17) is 18.9 Å². The Morgan fingerprint density at radius 3 is 1.97 bits per heavy atom. The van der Waals surface area contributed by atoms with Gasteiger partial charge in [0, 0.05) is 6.42 Å². The highest BCUT2D eigenvalue weighted by Gasteiger charge is 2.36. The predicted octanol–water partition coefficient (Wildman–Crippen LogP) is 5.11. The van der Waals surface area contributed by atoms with Crippen molar-refractivity contribution < 1.29 is 23.6 Å². The molecule has 0 N–H and O–H groups in total. The number of hydrogen-bond donors (Lipinski definition) is 0. The molecule has 0 spiro atoms. The molecule has 0 heterocycles. The van der Waals surface area contributed by atoms with Gasteiger partial charge in [0.05, 0.1) is 60.1 Å². The number of ether oxygens (including phenoxy) is 4. The van der Waals surface area contributed by atoms with Crippen LogP contribution in [0.2, 0.25) is 0 Å². The molecule has 0 aliphatic rings. The Balaban J connectivity index is 2.09. The molecule has 7 nitrogen and oxygen atoms in total. The molecule has 0 saturated heterocycles. The fraction of sp³-hybridized carbons (Fsp3) is 0.519. The van der Waals surface area contributed by atoms with Gasteiger partial charge in [0.15, 0.2) is 23.0 Å². The van der Waals surface area contributed by atoms with Crippen LogP contribution in [0.1, 0.15) is 37.8 Å². The van der Waals surface area contributed by atoms with Gasteiger partial charge >= 0.3 is 0 Å². The van der Waals surface area contributed by atoms with E-state index < -0.39 is 5.41 Å². The van der Waals surface area contributed by atoms with Crippen LogP contribution < -0.4 is 18.9 Å². The number of rotatable bonds is 13. The maximum absolute atomic E-state index is 13.2. The van der Waals surface area contributed by atoms with E-state index in [1.807, 2.05) is 50.2 Å². The Kier molecular flexibility index (Phi) is 9.60. The fourth-order valence-corrected chi connectivity index (χ4v) is 4.34. The summed E-state index contributed by atoms with van der Waals surface area (Å²) in [7, 11) is 8.07. The molecule has 2 aromatic rings. The molecule has 0 radical (unpaired) electrons. The van der Waals surface area contributed by atoms with Crippen molar-refractivity contribution in [1.29, 1.82) is 5.26 Å². The molecule has 0 amide bonds. The number of likely N-dealkylation sites (N-methyl/N-ethyl adjacent to an activating group) is 1. The fourth-order valence-electron chi connectivity index (χ4n) is 4.34.